The molecular weight excluding hydrogens is 168 g/mol. The maximum absolute atomic E-state index is 9.45. The average Bonchev–Trinajstić information content (AvgIpc) is 2.04. The van der Waals surface area contributed by atoms with Crippen LogP contribution in [-0.2, 0) is 0 Å². The Bertz CT molecular complexity index is 269. The SMILES string of the molecule is CSc1ccc(C)cc1C(C)O. The Labute approximate surface area is 77.8 Å². The number of thioether (sulfide) groups is 1. The van der Waals surface area contributed by atoms with Crippen LogP contribution in [0.3, 0.4) is 0 Å². The molecule has 0 aliphatic carbocycles. The van der Waals surface area contributed by atoms with Gasteiger partial charge in [-0.1, -0.05) is 17.7 Å². The molecule has 2 heteroatoms. The molecule has 0 amide bonds. The quantitative estimate of drug-likeness (QED) is 0.710. The van der Waals surface area contributed by atoms with Gasteiger partial charge in [-0.05, 0) is 31.7 Å². The molecule has 0 spiro atoms. The molecule has 0 aromatic heterocycles. The van der Waals surface area contributed by atoms with Gasteiger partial charge in [-0.15, -0.1) is 11.8 Å². The van der Waals surface area contributed by atoms with Crippen molar-refractivity contribution >= 4 is 11.8 Å². The van der Waals surface area contributed by atoms with Crippen LogP contribution in [0.15, 0.2) is 23.1 Å². The van der Waals surface area contributed by atoms with Crippen molar-refractivity contribution in [2.45, 2.75) is 24.8 Å². The maximum atomic E-state index is 9.45. The van der Waals surface area contributed by atoms with Crippen LogP contribution in [0.1, 0.15) is 24.2 Å². The molecule has 1 rings (SSSR count). The molecule has 1 N–H and O–H groups in total. The largest absolute Gasteiger partial charge is 0.389 e. The maximum Gasteiger partial charge on any atom is 0.0772 e. The number of hydrogen-bond donors (Lipinski definition) is 1. The van der Waals surface area contributed by atoms with Gasteiger partial charge in [0.2, 0.25) is 0 Å². The van der Waals surface area contributed by atoms with Crippen LogP contribution >= 0.6 is 11.8 Å². The summed E-state index contributed by atoms with van der Waals surface area (Å²) in [5.41, 5.74) is 2.23. The lowest BCUT2D eigenvalue weighted by atomic mass is 10.1. The summed E-state index contributed by atoms with van der Waals surface area (Å²) >= 11 is 1.67. The van der Waals surface area contributed by atoms with Crippen LogP contribution in [-0.4, -0.2) is 11.4 Å². The van der Waals surface area contributed by atoms with E-state index in [2.05, 4.69) is 12.1 Å². The van der Waals surface area contributed by atoms with E-state index in [4.69, 9.17) is 0 Å². The molecule has 1 aromatic carbocycles. The van der Waals surface area contributed by atoms with E-state index in [1.54, 1.807) is 18.7 Å². The number of rotatable bonds is 2. The number of aliphatic hydroxyl groups is 1. The molecule has 0 saturated heterocycles. The monoisotopic (exact) mass is 182 g/mol. The first-order valence-corrected chi connectivity index (χ1v) is 5.20. The van der Waals surface area contributed by atoms with E-state index in [-0.39, 0.29) is 6.10 Å². The third-order valence-electron chi connectivity index (χ3n) is 1.84. The standard InChI is InChI=1S/C10H14OS/c1-7-4-5-10(12-3)9(6-7)8(2)11/h4-6,8,11H,1-3H3. The lowest BCUT2D eigenvalue weighted by Crippen LogP contribution is -1.94. The Kier molecular flexibility index (Phi) is 3.18. The van der Waals surface area contributed by atoms with Gasteiger partial charge in [0.1, 0.15) is 0 Å². The zero-order valence-electron chi connectivity index (χ0n) is 7.66. The van der Waals surface area contributed by atoms with Gasteiger partial charge < -0.3 is 5.11 Å². The molecule has 0 heterocycles. The lowest BCUT2D eigenvalue weighted by molar-refractivity contribution is 0.196. The smallest absolute Gasteiger partial charge is 0.0772 e. The Balaban J connectivity index is 3.12. The predicted octanol–water partition coefficient (Wildman–Crippen LogP) is 2.77. The highest BCUT2D eigenvalue weighted by atomic mass is 32.2. The lowest BCUT2D eigenvalue weighted by Gasteiger charge is -2.10. The summed E-state index contributed by atoms with van der Waals surface area (Å²) in [5, 5.41) is 9.45. The summed E-state index contributed by atoms with van der Waals surface area (Å²) in [5.74, 6) is 0. The number of aryl methyl sites for hydroxylation is 1. The van der Waals surface area contributed by atoms with Crippen molar-refractivity contribution in [1.29, 1.82) is 0 Å². The van der Waals surface area contributed by atoms with Gasteiger partial charge in [0, 0.05) is 4.90 Å². The molecule has 0 radical (unpaired) electrons. The molecule has 1 aromatic rings. The molecule has 1 nitrogen and oxygen atoms in total. The highest BCUT2D eigenvalue weighted by Gasteiger charge is 2.06. The Hall–Kier alpha value is -0.470. The van der Waals surface area contributed by atoms with Crippen molar-refractivity contribution in [2.75, 3.05) is 6.26 Å². The fourth-order valence-corrected chi connectivity index (χ4v) is 1.85. The van der Waals surface area contributed by atoms with Gasteiger partial charge in [0.25, 0.3) is 0 Å². The van der Waals surface area contributed by atoms with Crippen LogP contribution in [0.5, 0.6) is 0 Å². The zero-order chi connectivity index (χ0) is 9.14. The van der Waals surface area contributed by atoms with Crippen LogP contribution in [0.4, 0.5) is 0 Å². The molecule has 0 bridgehead atoms. The first kappa shape index (κ1) is 9.62. The number of hydrogen-bond acceptors (Lipinski definition) is 2. The molecular formula is C10H14OS. The number of benzene rings is 1. The molecule has 1 atom stereocenters. The molecule has 66 valence electrons. The van der Waals surface area contributed by atoms with Crippen molar-refractivity contribution in [1.82, 2.24) is 0 Å². The van der Waals surface area contributed by atoms with Gasteiger partial charge in [0.15, 0.2) is 0 Å². The molecule has 0 aliphatic heterocycles. The minimum absolute atomic E-state index is 0.368. The molecule has 12 heavy (non-hydrogen) atoms. The topological polar surface area (TPSA) is 20.2 Å². The third-order valence-corrected chi connectivity index (χ3v) is 2.65. The van der Waals surface area contributed by atoms with Crippen LogP contribution in [0, 0.1) is 6.92 Å². The summed E-state index contributed by atoms with van der Waals surface area (Å²) in [7, 11) is 0. The van der Waals surface area contributed by atoms with Crippen molar-refractivity contribution in [3.8, 4) is 0 Å². The van der Waals surface area contributed by atoms with E-state index in [1.165, 1.54) is 5.56 Å². The van der Waals surface area contributed by atoms with Gasteiger partial charge in [-0.2, -0.15) is 0 Å². The van der Waals surface area contributed by atoms with Crippen molar-refractivity contribution < 1.29 is 5.11 Å². The molecule has 0 aliphatic rings. The van der Waals surface area contributed by atoms with Crippen molar-refractivity contribution in [3.63, 3.8) is 0 Å². The van der Waals surface area contributed by atoms with Gasteiger partial charge in [0.05, 0.1) is 6.10 Å². The summed E-state index contributed by atoms with van der Waals surface area (Å²) in [6.07, 6.45) is 1.66. The predicted molar refractivity (Wildman–Crippen MR) is 53.6 cm³/mol. The molecule has 0 fully saturated rings. The fraction of sp³-hybridized carbons (Fsp3) is 0.400. The number of aliphatic hydroxyl groups excluding tert-OH is 1. The normalized spacial score (nSPS) is 13.0. The summed E-state index contributed by atoms with van der Waals surface area (Å²) < 4.78 is 0. The summed E-state index contributed by atoms with van der Waals surface area (Å²) in [6, 6.07) is 6.16. The highest BCUT2D eigenvalue weighted by molar-refractivity contribution is 7.98. The van der Waals surface area contributed by atoms with E-state index in [1.807, 2.05) is 19.2 Å². The second-order valence-electron chi connectivity index (χ2n) is 2.92. The summed E-state index contributed by atoms with van der Waals surface area (Å²) in [4.78, 5) is 1.16. The van der Waals surface area contributed by atoms with E-state index < -0.39 is 0 Å². The first-order valence-electron chi connectivity index (χ1n) is 3.97. The van der Waals surface area contributed by atoms with Gasteiger partial charge in [-0.25, -0.2) is 0 Å². The minimum atomic E-state index is -0.368. The van der Waals surface area contributed by atoms with Gasteiger partial charge in [-0.3, -0.25) is 0 Å². The van der Waals surface area contributed by atoms with E-state index in [9.17, 15) is 5.11 Å². The zero-order valence-corrected chi connectivity index (χ0v) is 8.48. The van der Waals surface area contributed by atoms with E-state index in [0.29, 0.717) is 0 Å². The molecule has 0 saturated carbocycles. The van der Waals surface area contributed by atoms with Gasteiger partial charge >= 0.3 is 0 Å². The Morgan fingerprint density at radius 3 is 2.58 bits per heavy atom. The second-order valence-corrected chi connectivity index (χ2v) is 3.77. The van der Waals surface area contributed by atoms with Crippen LogP contribution in [0.25, 0.3) is 0 Å². The fourth-order valence-electron chi connectivity index (χ4n) is 1.18. The molecule has 1 unspecified atom stereocenters. The third kappa shape index (κ3) is 2.02. The van der Waals surface area contributed by atoms with Crippen molar-refractivity contribution in [2.24, 2.45) is 0 Å². The van der Waals surface area contributed by atoms with E-state index in [0.717, 1.165) is 10.5 Å². The van der Waals surface area contributed by atoms with Crippen LogP contribution < -0.4 is 0 Å². The second kappa shape index (κ2) is 3.97. The average molecular weight is 182 g/mol. The van der Waals surface area contributed by atoms with E-state index >= 15 is 0 Å². The Morgan fingerprint density at radius 2 is 2.08 bits per heavy atom. The highest BCUT2D eigenvalue weighted by Crippen LogP contribution is 2.26. The summed E-state index contributed by atoms with van der Waals surface area (Å²) in [6.45, 7) is 3.84. The van der Waals surface area contributed by atoms with Crippen molar-refractivity contribution in [3.05, 3.63) is 29.3 Å². The Morgan fingerprint density at radius 1 is 1.42 bits per heavy atom. The first-order chi connectivity index (χ1) is 5.65. The van der Waals surface area contributed by atoms with Crippen LogP contribution in [0.2, 0.25) is 0 Å². The minimum Gasteiger partial charge on any atom is -0.389 e.